The summed E-state index contributed by atoms with van der Waals surface area (Å²) in [6.07, 6.45) is 15.9. The third-order valence-electron chi connectivity index (χ3n) is 9.62. The zero-order chi connectivity index (χ0) is 36.1. The van der Waals surface area contributed by atoms with E-state index in [0.717, 1.165) is 82.4 Å². The normalized spacial score (nSPS) is 18.7. The highest BCUT2D eigenvalue weighted by Gasteiger charge is 2.39. The summed E-state index contributed by atoms with van der Waals surface area (Å²) in [7, 11) is 1.82. The van der Waals surface area contributed by atoms with Crippen LogP contribution in [-0.4, -0.2) is 42.1 Å². The highest BCUT2D eigenvalue weighted by Crippen LogP contribution is 2.47. The molecule has 0 saturated heterocycles. The predicted octanol–water partition coefficient (Wildman–Crippen LogP) is 9.31. The molecular formula is C40H47FN6O3S. The highest BCUT2D eigenvalue weighted by molar-refractivity contribution is 8.02. The standard InChI is InChI=1S/C38H41FN6O3S.C2H6/c1-5-8-9-15-29(12-6-2)49-45-34-30-24-43(41-37(30)48-39)23-28(47-7-3)21-18-25-16-19-26(20-17-25)32(34)33-35-31(22-40-36(33)45)42(4)38(46)44(35)27-13-10-11-14-27;1-2/h9,12,15-17,19-20,22-23,27,30H,6-7,10-11,13-14,18,21,24H2,1-4H3;1-2H3/b15-9-,28-23-,29-12+;. The van der Waals surface area contributed by atoms with Gasteiger partial charge in [-0.3, -0.25) is 23.1 Å². The van der Waals surface area contributed by atoms with Crippen molar-refractivity contribution in [3.63, 3.8) is 0 Å². The number of hydrazone groups is 1. The van der Waals surface area contributed by atoms with Crippen molar-refractivity contribution < 1.29 is 14.2 Å². The topological polar surface area (TPSA) is 78.8 Å². The Kier molecular flexibility index (Phi) is 11.4. The van der Waals surface area contributed by atoms with Gasteiger partial charge in [0.2, 0.25) is 0 Å². The number of aromatic nitrogens is 4. The van der Waals surface area contributed by atoms with E-state index in [1.807, 2.05) is 50.7 Å². The molecule has 1 aromatic carbocycles. The van der Waals surface area contributed by atoms with Crippen molar-refractivity contribution in [3.8, 4) is 23.0 Å². The van der Waals surface area contributed by atoms with E-state index in [4.69, 9.17) is 9.72 Å². The average molecular weight is 711 g/mol. The number of ether oxygens (including phenoxy) is 1. The molecule has 0 radical (unpaired) electrons. The maximum atomic E-state index is 14.6. The SMILES string of the molecule is CC.CC#C/C=C\C(=C/CC)Sn1c2c(c3c1ncc1c3n(C3CCCC3)c(=O)n1C)-c1ccc(cc1)CC/C(OCC)=C/N1CC2C(OF)=N1. The third-order valence-corrected chi connectivity index (χ3v) is 10.7. The molecule has 4 aliphatic rings. The van der Waals surface area contributed by atoms with Crippen molar-refractivity contribution >= 4 is 39.9 Å². The van der Waals surface area contributed by atoms with Gasteiger partial charge in [0, 0.05) is 34.5 Å². The van der Waals surface area contributed by atoms with Crippen LogP contribution in [0.5, 0.6) is 0 Å². The van der Waals surface area contributed by atoms with Gasteiger partial charge in [-0.05, 0) is 74.8 Å². The average Bonchev–Trinajstić information content (AvgIpc) is 3.93. The summed E-state index contributed by atoms with van der Waals surface area (Å²) in [4.78, 5) is 24.6. The molecule has 3 aliphatic heterocycles. The quantitative estimate of drug-likeness (QED) is 0.141. The van der Waals surface area contributed by atoms with Gasteiger partial charge in [-0.25, -0.2) is 9.78 Å². The van der Waals surface area contributed by atoms with Gasteiger partial charge in [0.1, 0.15) is 11.7 Å². The molecule has 51 heavy (non-hydrogen) atoms. The molecule has 268 valence electrons. The van der Waals surface area contributed by atoms with E-state index in [0.29, 0.717) is 25.2 Å². The Morgan fingerprint density at radius 3 is 2.59 bits per heavy atom. The number of aryl methyl sites for hydroxylation is 2. The van der Waals surface area contributed by atoms with Crippen molar-refractivity contribution in [1.29, 1.82) is 0 Å². The fraction of sp³-hybridized carbons (Fsp3) is 0.425. The first kappa shape index (κ1) is 36.1. The van der Waals surface area contributed by atoms with E-state index in [1.54, 1.807) is 22.7 Å². The van der Waals surface area contributed by atoms with Crippen LogP contribution in [0, 0.1) is 11.8 Å². The summed E-state index contributed by atoms with van der Waals surface area (Å²) in [5.74, 6) is 6.09. The lowest BCUT2D eigenvalue weighted by Gasteiger charge is -2.18. The van der Waals surface area contributed by atoms with Crippen molar-refractivity contribution in [2.75, 3.05) is 13.2 Å². The molecule has 8 rings (SSSR count). The summed E-state index contributed by atoms with van der Waals surface area (Å²) in [6.45, 7) is 10.7. The number of nitrogens with zero attached hydrogens (tertiary/aromatic N) is 6. The van der Waals surface area contributed by atoms with Crippen molar-refractivity contribution in [2.45, 2.75) is 91.5 Å². The largest absolute Gasteiger partial charge is 0.497 e. The lowest BCUT2D eigenvalue weighted by Crippen LogP contribution is -2.24. The Balaban J connectivity index is 0.00000220. The van der Waals surface area contributed by atoms with Crippen LogP contribution in [-0.2, 0) is 23.1 Å². The van der Waals surface area contributed by atoms with Gasteiger partial charge in [-0.15, -0.1) is 11.0 Å². The lowest BCUT2D eigenvalue weighted by molar-refractivity contribution is -0.0278. The van der Waals surface area contributed by atoms with Crippen LogP contribution in [0.4, 0.5) is 4.53 Å². The Bertz CT molecular complexity index is 2140. The minimum Gasteiger partial charge on any atom is -0.497 e. The van der Waals surface area contributed by atoms with Crippen molar-refractivity contribution in [2.24, 2.45) is 12.1 Å². The number of allylic oxidation sites excluding steroid dienone is 4. The number of pyridine rings is 1. The smallest absolute Gasteiger partial charge is 0.329 e. The first-order valence-electron chi connectivity index (χ1n) is 18.1. The van der Waals surface area contributed by atoms with E-state index in [9.17, 15) is 9.32 Å². The second-order valence-corrected chi connectivity index (χ2v) is 13.7. The van der Waals surface area contributed by atoms with Crippen LogP contribution in [0.3, 0.4) is 0 Å². The molecule has 11 heteroatoms. The van der Waals surface area contributed by atoms with Gasteiger partial charge in [-0.1, -0.05) is 69.9 Å². The van der Waals surface area contributed by atoms with Gasteiger partial charge in [0.15, 0.2) is 5.65 Å². The number of benzene rings is 1. The van der Waals surface area contributed by atoms with Gasteiger partial charge in [-0.2, -0.15) is 0 Å². The maximum absolute atomic E-state index is 14.6. The van der Waals surface area contributed by atoms with Crippen LogP contribution in [0.15, 0.2) is 75.5 Å². The fourth-order valence-electron chi connectivity index (χ4n) is 7.40. The fourth-order valence-corrected chi connectivity index (χ4v) is 8.52. The van der Waals surface area contributed by atoms with Gasteiger partial charge >= 0.3 is 5.69 Å². The number of fused-ring (bicyclic) bond motifs is 7. The van der Waals surface area contributed by atoms with Crippen molar-refractivity contribution in [1.82, 2.24) is 23.1 Å². The van der Waals surface area contributed by atoms with E-state index in [1.165, 1.54) is 17.5 Å². The molecule has 9 nitrogen and oxygen atoms in total. The van der Waals surface area contributed by atoms with Crippen LogP contribution >= 0.6 is 11.9 Å². The molecule has 6 heterocycles. The molecule has 3 aromatic heterocycles. The summed E-state index contributed by atoms with van der Waals surface area (Å²) in [5, 5.41) is 7.18. The zero-order valence-electron chi connectivity index (χ0n) is 30.4. The molecule has 0 N–H and O–H groups in total. The number of hydrogen-bond acceptors (Lipinski definition) is 7. The number of hydrogen-bond donors (Lipinski definition) is 0. The zero-order valence-corrected chi connectivity index (χ0v) is 31.2. The first-order chi connectivity index (χ1) is 25.0. The summed E-state index contributed by atoms with van der Waals surface area (Å²) < 4.78 is 26.4. The summed E-state index contributed by atoms with van der Waals surface area (Å²) in [5.41, 5.74) is 6.08. The number of rotatable bonds is 7. The summed E-state index contributed by atoms with van der Waals surface area (Å²) >= 11 is 1.51. The van der Waals surface area contributed by atoms with E-state index in [-0.39, 0.29) is 17.6 Å². The van der Waals surface area contributed by atoms with Crippen molar-refractivity contribution in [3.05, 3.63) is 87.3 Å². The second-order valence-electron chi connectivity index (χ2n) is 12.6. The molecule has 4 bridgehead atoms. The molecule has 4 aromatic rings. The van der Waals surface area contributed by atoms with Gasteiger partial charge in [0.05, 0.1) is 47.7 Å². The Morgan fingerprint density at radius 1 is 1.14 bits per heavy atom. The lowest BCUT2D eigenvalue weighted by atomic mass is 9.94. The molecule has 1 aliphatic carbocycles. The predicted molar refractivity (Wildman–Crippen MR) is 206 cm³/mol. The molecule has 1 unspecified atom stereocenters. The molecular weight excluding hydrogens is 664 g/mol. The van der Waals surface area contributed by atoms with Crippen LogP contribution in [0.25, 0.3) is 33.2 Å². The monoisotopic (exact) mass is 710 g/mol. The molecule has 1 fully saturated rings. The molecule has 0 amide bonds. The Hall–Kier alpha value is -4.69. The maximum Gasteiger partial charge on any atom is 0.329 e. The van der Waals surface area contributed by atoms with E-state index in [2.05, 4.69) is 63.1 Å². The molecule has 0 spiro atoms. The van der Waals surface area contributed by atoms with Crippen LogP contribution in [0.1, 0.15) is 96.4 Å². The summed E-state index contributed by atoms with van der Waals surface area (Å²) in [6, 6.07) is 8.64. The molecule has 1 atom stereocenters. The van der Waals surface area contributed by atoms with Crippen LogP contribution < -0.4 is 5.69 Å². The van der Waals surface area contributed by atoms with Gasteiger partial charge < -0.3 is 4.74 Å². The minimum atomic E-state index is -0.603. The van der Waals surface area contributed by atoms with E-state index >= 15 is 0 Å². The van der Waals surface area contributed by atoms with Crippen LogP contribution in [0.2, 0.25) is 0 Å². The molecule has 1 saturated carbocycles. The van der Waals surface area contributed by atoms with E-state index < -0.39 is 5.92 Å². The highest BCUT2D eigenvalue weighted by atomic mass is 32.2. The van der Waals surface area contributed by atoms with Gasteiger partial charge in [0.25, 0.3) is 5.90 Å². The Morgan fingerprint density at radius 2 is 1.90 bits per heavy atom. The second kappa shape index (κ2) is 16.1. The Labute approximate surface area is 303 Å². The minimum absolute atomic E-state index is 0.0439. The number of imidazole rings is 1. The number of halogens is 1. The first-order valence-corrected chi connectivity index (χ1v) is 18.9. The third kappa shape index (κ3) is 6.86.